The predicted octanol–water partition coefficient (Wildman–Crippen LogP) is 0.552. The van der Waals surface area contributed by atoms with Crippen molar-refractivity contribution in [1.29, 1.82) is 0 Å². The van der Waals surface area contributed by atoms with Gasteiger partial charge in [0, 0.05) is 31.2 Å². The average Bonchev–Trinajstić information content (AvgIpc) is 3.15. The van der Waals surface area contributed by atoms with Crippen molar-refractivity contribution in [3.05, 3.63) is 0 Å². The van der Waals surface area contributed by atoms with E-state index in [2.05, 4.69) is 10.2 Å². The summed E-state index contributed by atoms with van der Waals surface area (Å²) in [5.74, 6) is 0.961. The lowest BCUT2D eigenvalue weighted by Gasteiger charge is -2.29. The van der Waals surface area contributed by atoms with Gasteiger partial charge in [0.05, 0.1) is 0 Å². The van der Waals surface area contributed by atoms with Crippen molar-refractivity contribution in [1.82, 2.24) is 10.2 Å². The number of hydrogen-bond acceptors (Lipinski definition) is 3. The van der Waals surface area contributed by atoms with Crippen LogP contribution in [0, 0.1) is 5.92 Å². The Hall–Kier alpha value is -0.120. The Morgan fingerprint density at radius 2 is 2.07 bits per heavy atom. The maximum absolute atomic E-state index is 5.97. The summed E-state index contributed by atoms with van der Waals surface area (Å²) in [5, 5.41) is 3.75. The first-order chi connectivity index (χ1) is 7.31. The second kappa shape index (κ2) is 3.72. The molecule has 0 amide bonds. The van der Waals surface area contributed by atoms with E-state index in [1.807, 2.05) is 0 Å². The van der Waals surface area contributed by atoms with Crippen LogP contribution in [-0.4, -0.2) is 42.7 Å². The van der Waals surface area contributed by atoms with E-state index in [0.717, 1.165) is 18.5 Å². The van der Waals surface area contributed by atoms with Crippen molar-refractivity contribution in [2.45, 2.75) is 43.7 Å². The van der Waals surface area contributed by atoms with Crippen LogP contribution in [0.4, 0.5) is 0 Å². The lowest BCUT2D eigenvalue weighted by molar-refractivity contribution is 0.274. The molecule has 2 aliphatic carbocycles. The number of nitrogens with zero attached hydrogens (tertiary/aromatic N) is 1. The second-order valence-electron chi connectivity index (χ2n) is 5.76. The first-order valence-electron chi connectivity index (χ1n) is 6.50. The molecule has 1 saturated heterocycles. The van der Waals surface area contributed by atoms with Crippen molar-refractivity contribution in [2.24, 2.45) is 11.7 Å². The third kappa shape index (κ3) is 2.19. The molecule has 3 N–H and O–H groups in total. The van der Waals surface area contributed by atoms with Gasteiger partial charge in [-0.2, -0.15) is 0 Å². The highest BCUT2D eigenvalue weighted by Crippen LogP contribution is 2.34. The molecule has 0 radical (unpaired) electrons. The first kappa shape index (κ1) is 10.1. The fourth-order valence-corrected chi connectivity index (χ4v) is 2.72. The monoisotopic (exact) mass is 209 g/mol. The molecule has 0 spiro atoms. The summed E-state index contributed by atoms with van der Waals surface area (Å²) in [5.41, 5.74) is 6.22. The topological polar surface area (TPSA) is 41.3 Å². The molecule has 3 aliphatic rings. The van der Waals surface area contributed by atoms with Crippen LogP contribution in [0.3, 0.4) is 0 Å². The number of rotatable bonds is 5. The Morgan fingerprint density at radius 3 is 2.67 bits per heavy atom. The Kier molecular flexibility index (Phi) is 2.49. The highest BCUT2D eigenvalue weighted by atomic mass is 15.3. The van der Waals surface area contributed by atoms with Crippen molar-refractivity contribution in [2.75, 3.05) is 26.2 Å². The third-order valence-electron chi connectivity index (χ3n) is 4.30. The molecular weight excluding hydrogens is 186 g/mol. The minimum absolute atomic E-state index is 0.255. The molecule has 86 valence electrons. The quantitative estimate of drug-likeness (QED) is 0.695. The molecule has 3 rings (SSSR count). The molecule has 0 aromatic carbocycles. The summed E-state index contributed by atoms with van der Waals surface area (Å²) in [6.07, 6.45) is 6.96. The van der Waals surface area contributed by atoms with Gasteiger partial charge in [0.1, 0.15) is 0 Å². The fourth-order valence-electron chi connectivity index (χ4n) is 2.72. The summed E-state index contributed by atoms with van der Waals surface area (Å²) < 4.78 is 0. The van der Waals surface area contributed by atoms with Gasteiger partial charge >= 0.3 is 0 Å². The molecular formula is C12H23N3. The van der Waals surface area contributed by atoms with E-state index in [-0.39, 0.29) is 5.54 Å². The molecule has 0 aromatic heterocycles. The maximum atomic E-state index is 5.97. The molecule has 1 unspecified atom stereocenters. The number of hydrogen-bond donors (Lipinski definition) is 2. The Balaban J connectivity index is 1.54. The lowest BCUT2D eigenvalue weighted by Crippen LogP contribution is -2.53. The van der Waals surface area contributed by atoms with Crippen molar-refractivity contribution in [3.63, 3.8) is 0 Å². The molecule has 0 bridgehead atoms. The second-order valence-corrected chi connectivity index (χ2v) is 5.76. The van der Waals surface area contributed by atoms with Crippen LogP contribution >= 0.6 is 0 Å². The summed E-state index contributed by atoms with van der Waals surface area (Å²) >= 11 is 0. The predicted molar refractivity (Wildman–Crippen MR) is 61.7 cm³/mol. The average molecular weight is 209 g/mol. The van der Waals surface area contributed by atoms with Gasteiger partial charge in [-0.1, -0.05) is 0 Å². The summed E-state index contributed by atoms with van der Waals surface area (Å²) in [6, 6.07) is 0.904. The van der Waals surface area contributed by atoms with E-state index in [9.17, 15) is 0 Å². The number of likely N-dealkylation sites (tertiary alicyclic amines) is 1. The number of nitrogens with one attached hydrogen (secondary N) is 1. The molecule has 1 atom stereocenters. The van der Waals surface area contributed by atoms with Crippen LogP contribution in [0.15, 0.2) is 0 Å². The van der Waals surface area contributed by atoms with Gasteiger partial charge in [-0.05, 0) is 44.6 Å². The van der Waals surface area contributed by atoms with Gasteiger partial charge < -0.3 is 11.1 Å². The normalized spacial score (nSPS) is 37.4. The summed E-state index contributed by atoms with van der Waals surface area (Å²) in [4.78, 5) is 2.65. The van der Waals surface area contributed by atoms with Crippen LogP contribution in [-0.2, 0) is 0 Å². The lowest BCUT2D eigenvalue weighted by atomic mass is 9.98. The van der Waals surface area contributed by atoms with Gasteiger partial charge in [0.2, 0.25) is 0 Å². The van der Waals surface area contributed by atoms with Crippen molar-refractivity contribution in [3.8, 4) is 0 Å². The summed E-state index contributed by atoms with van der Waals surface area (Å²) in [7, 11) is 0. The van der Waals surface area contributed by atoms with E-state index < -0.39 is 0 Å². The molecule has 1 heterocycles. The van der Waals surface area contributed by atoms with E-state index in [0.29, 0.717) is 0 Å². The van der Waals surface area contributed by atoms with Crippen LogP contribution < -0.4 is 11.1 Å². The molecule has 15 heavy (non-hydrogen) atoms. The maximum Gasteiger partial charge on any atom is 0.0445 e. The molecule has 3 heteroatoms. The molecule has 1 aliphatic heterocycles. The van der Waals surface area contributed by atoms with Crippen LogP contribution in [0.1, 0.15) is 32.1 Å². The van der Waals surface area contributed by atoms with Crippen molar-refractivity contribution >= 4 is 0 Å². The molecule has 0 aromatic rings. The van der Waals surface area contributed by atoms with E-state index in [1.54, 1.807) is 0 Å². The smallest absolute Gasteiger partial charge is 0.0445 e. The molecule has 3 fully saturated rings. The standard InChI is InChI=1S/C12H23N3/c13-8-12(14-7-10-1-2-10)5-6-15(9-12)11-3-4-11/h10-11,14H,1-9,13H2. The minimum Gasteiger partial charge on any atom is -0.329 e. The zero-order chi connectivity index (χ0) is 10.3. The van der Waals surface area contributed by atoms with Gasteiger partial charge in [-0.15, -0.1) is 0 Å². The van der Waals surface area contributed by atoms with Gasteiger partial charge in [-0.25, -0.2) is 0 Å². The Labute approximate surface area is 92.4 Å². The largest absolute Gasteiger partial charge is 0.329 e. The summed E-state index contributed by atoms with van der Waals surface area (Å²) in [6.45, 7) is 4.47. The van der Waals surface area contributed by atoms with Crippen molar-refractivity contribution < 1.29 is 0 Å². The van der Waals surface area contributed by atoms with Crippen LogP contribution in [0.2, 0.25) is 0 Å². The zero-order valence-corrected chi connectivity index (χ0v) is 9.54. The Bertz CT molecular complexity index is 235. The molecule has 3 nitrogen and oxygen atoms in total. The number of nitrogens with two attached hydrogens (primary N) is 1. The SMILES string of the molecule is NCC1(NCC2CC2)CCN(C2CC2)C1. The third-order valence-corrected chi connectivity index (χ3v) is 4.30. The van der Waals surface area contributed by atoms with Crippen LogP contribution in [0.25, 0.3) is 0 Å². The fraction of sp³-hybridized carbons (Fsp3) is 1.00. The molecule has 2 saturated carbocycles. The van der Waals surface area contributed by atoms with E-state index >= 15 is 0 Å². The van der Waals surface area contributed by atoms with Gasteiger partial charge in [-0.3, -0.25) is 4.90 Å². The highest BCUT2D eigenvalue weighted by molar-refractivity contribution is 5.02. The van der Waals surface area contributed by atoms with Gasteiger partial charge in [0.15, 0.2) is 0 Å². The van der Waals surface area contributed by atoms with E-state index in [4.69, 9.17) is 5.73 Å². The van der Waals surface area contributed by atoms with Crippen LogP contribution in [0.5, 0.6) is 0 Å². The van der Waals surface area contributed by atoms with E-state index in [1.165, 1.54) is 51.7 Å². The highest BCUT2D eigenvalue weighted by Gasteiger charge is 2.42. The minimum atomic E-state index is 0.255. The first-order valence-corrected chi connectivity index (χ1v) is 6.50. The van der Waals surface area contributed by atoms with Gasteiger partial charge in [0.25, 0.3) is 0 Å². The Morgan fingerprint density at radius 1 is 1.27 bits per heavy atom. The zero-order valence-electron chi connectivity index (χ0n) is 9.54.